The summed E-state index contributed by atoms with van der Waals surface area (Å²) in [5.41, 5.74) is 1.85. The number of carbonyl (C=O) groups is 1. The Kier molecular flexibility index (Phi) is 6.82. The van der Waals surface area contributed by atoms with Gasteiger partial charge in [-0.25, -0.2) is 13.6 Å². The second-order valence-electron chi connectivity index (χ2n) is 6.74. The summed E-state index contributed by atoms with van der Waals surface area (Å²) in [5, 5.41) is 16.2. The van der Waals surface area contributed by atoms with Gasteiger partial charge in [0.05, 0.1) is 5.39 Å². The van der Waals surface area contributed by atoms with E-state index in [1.165, 1.54) is 7.05 Å². The molecule has 170 valence electrons. The lowest BCUT2D eigenvalue weighted by atomic mass is 10.1. The molecule has 4 N–H and O–H groups in total. The first kappa shape index (κ1) is 22.6. The third kappa shape index (κ3) is 5.10. The summed E-state index contributed by atoms with van der Waals surface area (Å²) in [7, 11) is 1.52. The number of urea groups is 1. The van der Waals surface area contributed by atoms with Crippen LogP contribution in [-0.4, -0.2) is 46.3 Å². The highest BCUT2D eigenvalue weighted by Gasteiger charge is 2.19. The van der Waals surface area contributed by atoms with E-state index in [0.29, 0.717) is 41.7 Å². The molecule has 2 aromatic carbocycles. The molecule has 0 aliphatic heterocycles. The number of ether oxygens (including phenoxy) is 1. The maximum atomic E-state index is 14.1. The molecule has 0 bridgehead atoms. The molecule has 0 aliphatic rings. The lowest BCUT2D eigenvalue weighted by Crippen LogP contribution is -2.35. The van der Waals surface area contributed by atoms with Crippen molar-refractivity contribution in [3.8, 4) is 23.0 Å². The highest BCUT2D eigenvalue weighted by Crippen LogP contribution is 2.34. The van der Waals surface area contributed by atoms with Crippen molar-refractivity contribution in [1.82, 2.24) is 30.8 Å². The molecule has 0 aliphatic carbocycles. The molecule has 4 rings (SSSR count). The molecule has 2 amide bonds. The van der Waals surface area contributed by atoms with E-state index in [1.54, 1.807) is 0 Å². The number of halogens is 3. The average Bonchev–Trinajstić information content (AvgIpc) is 3.22. The van der Waals surface area contributed by atoms with Gasteiger partial charge in [-0.2, -0.15) is 15.1 Å². The number of hydrogen-bond donors (Lipinski definition) is 4. The van der Waals surface area contributed by atoms with Gasteiger partial charge < -0.3 is 20.7 Å². The number of nitrogens with zero attached hydrogens (tertiary/aromatic N) is 3. The number of rotatable bonds is 7. The van der Waals surface area contributed by atoms with E-state index in [0.717, 1.165) is 21.3 Å². The fraction of sp³-hybridized carbons (Fsp3) is 0.143. The molecule has 0 spiro atoms. The normalized spacial score (nSPS) is 10.8. The molecule has 2 heterocycles. The highest BCUT2D eigenvalue weighted by atomic mass is 127. The van der Waals surface area contributed by atoms with Crippen LogP contribution in [0.4, 0.5) is 19.4 Å². The van der Waals surface area contributed by atoms with Gasteiger partial charge in [0, 0.05) is 35.3 Å². The molecule has 0 unspecified atom stereocenters. The SMILES string of the molecule is CNC(=O)NCCNc1nc(Oc2ccc(F)cc2F)nc2[nH]nc(-c3ccccc3I)c12. The van der Waals surface area contributed by atoms with Crippen molar-refractivity contribution < 1.29 is 18.3 Å². The third-order valence-electron chi connectivity index (χ3n) is 4.55. The number of benzene rings is 2. The minimum absolute atomic E-state index is 0.160. The van der Waals surface area contributed by atoms with E-state index in [2.05, 4.69) is 58.7 Å². The molecular formula is C21H18F2IN7O2. The topological polar surface area (TPSA) is 117 Å². The summed E-state index contributed by atoms with van der Waals surface area (Å²) in [6, 6.07) is 10.2. The third-order valence-corrected chi connectivity index (χ3v) is 5.49. The first-order valence-electron chi connectivity index (χ1n) is 9.79. The summed E-state index contributed by atoms with van der Waals surface area (Å²) in [6.07, 6.45) is 0. The number of amides is 2. The lowest BCUT2D eigenvalue weighted by molar-refractivity contribution is 0.243. The van der Waals surface area contributed by atoms with Crippen molar-refractivity contribution in [2.75, 3.05) is 25.5 Å². The summed E-state index contributed by atoms with van der Waals surface area (Å²) in [5.74, 6) is -1.45. The summed E-state index contributed by atoms with van der Waals surface area (Å²) in [6.45, 7) is 0.643. The summed E-state index contributed by atoms with van der Waals surface area (Å²) in [4.78, 5) is 20.1. The Morgan fingerprint density at radius 3 is 2.73 bits per heavy atom. The van der Waals surface area contributed by atoms with E-state index < -0.39 is 11.6 Å². The van der Waals surface area contributed by atoms with Crippen molar-refractivity contribution >= 4 is 45.5 Å². The van der Waals surface area contributed by atoms with Crippen molar-refractivity contribution in [2.45, 2.75) is 0 Å². The van der Waals surface area contributed by atoms with Gasteiger partial charge in [-0.15, -0.1) is 0 Å². The summed E-state index contributed by atoms with van der Waals surface area (Å²) < 4.78 is 33.8. The van der Waals surface area contributed by atoms with Crippen molar-refractivity contribution in [1.29, 1.82) is 0 Å². The molecule has 0 atom stereocenters. The predicted octanol–water partition coefficient (Wildman–Crippen LogP) is 4.04. The van der Waals surface area contributed by atoms with Gasteiger partial charge in [0.2, 0.25) is 0 Å². The number of nitrogens with one attached hydrogen (secondary N) is 4. The van der Waals surface area contributed by atoms with Gasteiger partial charge in [-0.1, -0.05) is 18.2 Å². The molecule has 12 heteroatoms. The van der Waals surface area contributed by atoms with E-state index in [4.69, 9.17) is 4.74 Å². The minimum Gasteiger partial charge on any atom is -0.421 e. The first-order chi connectivity index (χ1) is 16.0. The number of aromatic nitrogens is 4. The van der Waals surface area contributed by atoms with Gasteiger partial charge >= 0.3 is 12.0 Å². The van der Waals surface area contributed by atoms with Crippen LogP contribution in [0, 0.1) is 15.2 Å². The molecule has 2 aromatic heterocycles. The van der Waals surface area contributed by atoms with E-state index >= 15 is 0 Å². The van der Waals surface area contributed by atoms with Crippen LogP contribution in [0.5, 0.6) is 11.8 Å². The van der Waals surface area contributed by atoms with Gasteiger partial charge in [0.1, 0.15) is 17.3 Å². The Bertz CT molecular complexity index is 1320. The minimum atomic E-state index is -0.882. The highest BCUT2D eigenvalue weighted by molar-refractivity contribution is 14.1. The maximum Gasteiger partial charge on any atom is 0.326 e. The Morgan fingerprint density at radius 2 is 1.97 bits per heavy atom. The molecular weight excluding hydrogens is 547 g/mol. The second-order valence-corrected chi connectivity index (χ2v) is 7.90. The van der Waals surface area contributed by atoms with Crippen LogP contribution >= 0.6 is 22.6 Å². The van der Waals surface area contributed by atoms with Crippen LogP contribution < -0.4 is 20.7 Å². The Hall–Kier alpha value is -3.55. The zero-order valence-corrected chi connectivity index (χ0v) is 19.4. The lowest BCUT2D eigenvalue weighted by Gasteiger charge is -2.11. The molecule has 0 saturated carbocycles. The zero-order valence-electron chi connectivity index (χ0n) is 17.2. The molecule has 0 radical (unpaired) electrons. The molecule has 9 nitrogen and oxygen atoms in total. The first-order valence-corrected chi connectivity index (χ1v) is 10.9. The average molecular weight is 565 g/mol. The van der Waals surface area contributed by atoms with E-state index in [1.807, 2.05) is 24.3 Å². The number of hydrogen-bond acceptors (Lipinski definition) is 6. The van der Waals surface area contributed by atoms with Crippen LogP contribution in [-0.2, 0) is 0 Å². The van der Waals surface area contributed by atoms with Crippen LogP contribution in [0.1, 0.15) is 0 Å². The van der Waals surface area contributed by atoms with Crippen molar-refractivity contribution in [2.24, 2.45) is 0 Å². The van der Waals surface area contributed by atoms with Crippen LogP contribution in [0.2, 0.25) is 0 Å². The van der Waals surface area contributed by atoms with E-state index in [-0.39, 0.29) is 17.8 Å². The number of carbonyl (C=O) groups excluding carboxylic acids is 1. The predicted molar refractivity (Wildman–Crippen MR) is 127 cm³/mol. The van der Waals surface area contributed by atoms with Crippen LogP contribution in [0.3, 0.4) is 0 Å². The zero-order chi connectivity index (χ0) is 23.4. The van der Waals surface area contributed by atoms with Gasteiger partial charge in [0.25, 0.3) is 0 Å². The Balaban J connectivity index is 1.72. The van der Waals surface area contributed by atoms with Gasteiger partial charge in [-0.05, 0) is 40.8 Å². The largest absolute Gasteiger partial charge is 0.421 e. The quantitative estimate of drug-likeness (QED) is 0.199. The van der Waals surface area contributed by atoms with Crippen molar-refractivity contribution in [3.05, 3.63) is 57.7 Å². The molecule has 4 aromatic rings. The number of fused-ring (bicyclic) bond motifs is 1. The van der Waals surface area contributed by atoms with Crippen molar-refractivity contribution in [3.63, 3.8) is 0 Å². The van der Waals surface area contributed by atoms with E-state index in [9.17, 15) is 13.6 Å². The second kappa shape index (κ2) is 9.94. The monoisotopic (exact) mass is 565 g/mol. The van der Waals surface area contributed by atoms with Gasteiger partial charge in [0.15, 0.2) is 17.2 Å². The molecule has 0 saturated heterocycles. The maximum absolute atomic E-state index is 14.1. The van der Waals surface area contributed by atoms with Crippen LogP contribution in [0.25, 0.3) is 22.3 Å². The fourth-order valence-corrected chi connectivity index (χ4v) is 3.68. The van der Waals surface area contributed by atoms with Gasteiger partial charge in [-0.3, -0.25) is 5.10 Å². The smallest absolute Gasteiger partial charge is 0.326 e. The Morgan fingerprint density at radius 1 is 1.15 bits per heavy atom. The van der Waals surface area contributed by atoms with Crippen LogP contribution in [0.15, 0.2) is 42.5 Å². The Labute approximate surface area is 200 Å². The number of H-pyrrole nitrogens is 1. The molecule has 33 heavy (non-hydrogen) atoms. The number of aromatic amines is 1. The number of anilines is 1. The fourth-order valence-electron chi connectivity index (χ4n) is 3.03. The standard InChI is InChI=1S/C21H18F2IN7O2/c1-25-20(32)27-9-8-26-18-16-17(12-4-2-3-5-14(12)24)30-31-19(16)29-21(28-18)33-15-7-6-11(22)10-13(15)23/h2-7,10H,8-9H2,1H3,(H2,25,27,32)(H2,26,28,29,30,31). The molecule has 0 fully saturated rings. The summed E-state index contributed by atoms with van der Waals surface area (Å²) >= 11 is 2.21.